The molecule has 0 saturated carbocycles. The van der Waals surface area contributed by atoms with Gasteiger partial charge in [0, 0.05) is 30.9 Å². The Morgan fingerprint density at radius 2 is 2.06 bits per heavy atom. The number of aliphatic hydroxyl groups is 1. The van der Waals surface area contributed by atoms with Crippen LogP contribution in [0.3, 0.4) is 0 Å². The second-order valence-electron chi connectivity index (χ2n) is 5.80. The minimum atomic E-state index is -0.526. The van der Waals surface area contributed by atoms with Gasteiger partial charge in [0.25, 0.3) is 0 Å². The molecule has 0 bridgehead atoms. The summed E-state index contributed by atoms with van der Waals surface area (Å²) in [5.41, 5.74) is -0.526. The Labute approximate surface area is 119 Å². The Hall–Kier alpha value is -0.0900. The number of piperidine rings is 1. The first-order valence-electron chi connectivity index (χ1n) is 6.66. The number of hydrogen-bond donors (Lipinski definition) is 1. The lowest BCUT2D eigenvalue weighted by molar-refractivity contribution is -0.0221. The third-order valence-electron chi connectivity index (χ3n) is 3.54. The smallest absolute Gasteiger partial charge is 0.0931 e. The van der Waals surface area contributed by atoms with Crippen LogP contribution in [0.5, 0.6) is 0 Å². The van der Waals surface area contributed by atoms with Gasteiger partial charge in [0.05, 0.1) is 9.94 Å². The molecule has 1 fully saturated rings. The molecule has 4 heteroatoms. The van der Waals surface area contributed by atoms with Crippen LogP contribution in [-0.4, -0.2) is 35.2 Å². The Balaban J connectivity index is 1.87. The molecule has 0 aliphatic carbocycles. The van der Waals surface area contributed by atoms with Gasteiger partial charge in [-0.25, -0.2) is 0 Å². The zero-order chi connectivity index (χ0) is 13.2. The molecule has 0 spiro atoms. The van der Waals surface area contributed by atoms with Crippen LogP contribution in [0, 0.1) is 5.92 Å². The molecule has 0 radical (unpaired) electrons. The predicted octanol–water partition coefficient (Wildman–Crippen LogP) is 3.43. The van der Waals surface area contributed by atoms with Gasteiger partial charge in [0.1, 0.15) is 0 Å². The summed E-state index contributed by atoms with van der Waals surface area (Å²) in [7, 11) is 0. The molecule has 1 N–H and O–H groups in total. The van der Waals surface area contributed by atoms with E-state index in [1.807, 2.05) is 12.1 Å². The first-order valence-corrected chi connectivity index (χ1v) is 7.85. The van der Waals surface area contributed by atoms with Crippen molar-refractivity contribution in [1.82, 2.24) is 4.90 Å². The van der Waals surface area contributed by atoms with Gasteiger partial charge in [-0.2, -0.15) is 0 Å². The van der Waals surface area contributed by atoms with Crippen LogP contribution in [-0.2, 0) is 6.42 Å². The van der Waals surface area contributed by atoms with Crippen LogP contribution in [0.1, 0.15) is 31.6 Å². The Morgan fingerprint density at radius 3 is 2.56 bits per heavy atom. The Kier molecular flexibility index (Phi) is 4.70. The molecule has 2 rings (SSSR count). The second-order valence-corrected chi connectivity index (χ2v) is 7.60. The molecule has 1 saturated heterocycles. The van der Waals surface area contributed by atoms with E-state index < -0.39 is 5.60 Å². The van der Waals surface area contributed by atoms with E-state index in [1.54, 1.807) is 11.3 Å². The van der Waals surface area contributed by atoms with Gasteiger partial charge in [-0.3, -0.25) is 0 Å². The lowest BCUT2D eigenvalue weighted by atomic mass is 9.87. The van der Waals surface area contributed by atoms with E-state index in [-0.39, 0.29) is 0 Å². The minimum Gasteiger partial charge on any atom is -0.389 e. The average Bonchev–Trinajstić information content (AvgIpc) is 2.67. The molecule has 2 nitrogen and oxygen atoms in total. The third kappa shape index (κ3) is 3.95. The quantitative estimate of drug-likeness (QED) is 0.917. The van der Waals surface area contributed by atoms with E-state index in [0.717, 1.165) is 43.2 Å². The lowest BCUT2D eigenvalue weighted by Crippen LogP contribution is -2.46. The van der Waals surface area contributed by atoms with Gasteiger partial charge in [-0.05, 0) is 30.9 Å². The van der Waals surface area contributed by atoms with E-state index in [2.05, 4.69) is 18.7 Å². The standard InChI is InChI=1S/C14H22ClNOS/c1-11(2)10-16-7-5-14(17,6-8-16)9-12-3-4-13(15)18-12/h3-4,11,17H,5-10H2,1-2H3. The van der Waals surface area contributed by atoms with Crippen LogP contribution in [0.15, 0.2) is 12.1 Å². The molecule has 0 amide bonds. The van der Waals surface area contributed by atoms with E-state index in [0.29, 0.717) is 5.92 Å². The SMILES string of the molecule is CC(C)CN1CCC(O)(Cc2ccc(Cl)s2)CC1. The van der Waals surface area contributed by atoms with Crippen molar-refractivity contribution in [2.45, 2.75) is 38.7 Å². The van der Waals surface area contributed by atoms with Crippen molar-refractivity contribution < 1.29 is 5.11 Å². The summed E-state index contributed by atoms with van der Waals surface area (Å²) in [6.07, 6.45) is 2.49. The highest BCUT2D eigenvalue weighted by molar-refractivity contribution is 7.16. The first-order chi connectivity index (χ1) is 8.47. The van der Waals surface area contributed by atoms with Crippen molar-refractivity contribution in [3.8, 4) is 0 Å². The highest BCUT2D eigenvalue weighted by Crippen LogP contribution is 2.31. The predicted molar refractivity (Wildman–Crippen MR) is 78.5 cm³/mol. The summed E-state index contributed by atoms with van der Waals surface area (Å²) in [6, 6.07) is 3.95. The maximum atomic E-state index is 10.6. The molecule has 0 unspecified atom stereocenters. The zero-order valence-corrected chi connectivity index (χ0v) is 12.7. The number of likely N-dealkylation sites (tertiary alicyclic amines) is 1. The average molecular weight is 288 g/mol. The fourth-order valence-electron chi connectivity index (χ4n) is 2.62. The zero-order valence-electron chi connectivity index (χ0n) is 11.2. The Morgan fingerprint density at radius 1 is 1.39 bits per heavy atom. The monoisotopic (exact) mass is 287 g/mol. The van der Waals surface area contributed by atoms with Gasteiger partial charge in [0.15, 0.2) is 0 Å². The molecule has 1 aromatic rings. The topological polar surface area (TPSA) is 23.5 Å². The normalized spacial score (nSPS) is 20.5. The van der Waals surface area contributed by atoms with Crippen molar-refractivity contribution in [2.24, 2.45) is 5.92 Å². The summed E-state index contributed by atoms with van der Waals surface area (Å²) in [4.78, 5) is 3.65. The van der Waals surface area contributed by atoms with Gasteiger partial charge in [-0.1, -0.05) is 25.4 Å². The highest BCUT2D eigenvalue weighted by atomic mass is 35.5. The molecule has 0 atom stereocenters. The van der Waals surface area contributed by atoms with Gasteiger partial charge in [-0.15, -0.1) is 11.3 Å². The van der Waals surface area contributed by atoms with E-state index in [4.69, 9.17) is 11.6 Å². The van der Waals surface area contributed by atoms with E-state index >= 15 is 0 Å². The number of nitrogens with zero attached hydrogens (tertiary/aromatic N) is 1. The van der Waals surface area contributed by atoms with E-state index in [1.165, 1.54) is 4.88 Å². The number of rotatable bonds is 4. The van der Waals surface area contributed by atoms with Crippen LogP contribution in [0.2, 0.25) is 4.34 Å². The highest BCUT2D eigenvalue weighted by Gasteiger charge is 2.32. The van der Waals surface area contributed by atoms with Crippen LogP contribution in [0.25, 0.3) is 0 Å². The van der Waals surface area contributed by atoms with Crippen molar-refractivity contribution >= 4 is 22.9 Å². The van der Waals surface area contributed by atoms with Crippen LogP contribution in [0.4, 0.5) is 0 Å². The molecular weight excluding hydrogens is 266 g/mol. The molecular formula is C14H22ClNOS. The van der Waals surface area contributed by atoms with Gasteiger partial charge in [0.2, 0.25) is 0 Å². The van der Waals surface area contributed by atoms with Crippen LogP contribution >= 0.6 is 22.9 Å². The summed E-state index contributed by atoms with van der Waals surface area (Å²) in [6.45, 7) is 7.64. The van der Waals surface area contributed by atoms with Crippen molar-refractivity contribution in [2.75, 3.05) is 19.6 Å². The molecule has 2 heterocycles. The van der Waals surface area contributed by atoms with Gasteiger partial charge >= 0.3 is 0 Å². The van der Waals surface area contributed by atoms with Crippen LogP contribution < -0.4 is 0 Å². The summed E-state index contributed by atoms with van der Waals surface area (Å²) >= 11 is 7.52. The maximum Gasteiger partial charge on any atom is 0.0931 e. The minimum absolute atomic E-state index is 0.526. The van der Waals surface area contributed by atoms with Crippen molar-refractivity contribution in [3.05, 3.63) is 21.3 Å². The Bertz CT molecular complexity index is 383. The molecule has 1 aliphatic rings. The fraction of sp³-hybridized carbons (Fsp3) is 0.714. The van der Waals surface area contributed by atoms with Gasteiger partial charge < -0.3 is 10.0 Å². The molecule has 102 valence electrons. The number of halogens is 1. The first kappa shape index (κ1) is 14.3. The summed E-state index contributed by atoms with van der Waals surface area (Å²) in [5.74, 6) is 0.701. The number of thiophene rings is 1. The maximum absolute atomic E-state index is 10.6. The van der Waals surface area contributed by atoms with Crippen molar-refractivity contribution in [1.29, 1.82) is 0 Å². The van der Waals surface area contributed by atoms with E-state index in [9.17, 15) is 5.11 Å². The molecule has 0 aromatic carbocycles. The fourth-order valence-corrected chi connectivity index (χ4v) is 3.84. The second kappa shape index (κ2) is 5.91. The summed E-state index contributed by atoms with van der Waals surface area (Å²) < 4.78 is 0.811. The molecule has 18 heavy (non-hydrogen) atoms. The number of hydrogen-bond acceptors (Lipinski definition) is 3. The molecule has 1 aliphatic heterocycles. The summed E-state index contributed by atoms with van der Waals surface area (Å²) in [5, 5.41) is 10.6. The third-order valence-corrected chi connectivity index (χ3v) is 4.77. The lowest BCUT2D eigenvalue weighted by Gasteiger charge is -2.38. The van der Waals surface area contributed by atoms with Crippen molar-refractivity contribution in [3.63, 3.8) is 0 Å². The largest absolute Gasteiger partial charge is 0.389 e. The molecule has 1 aromatic heterocycles.